The fourth-order valence-corrected chi connectivity index (χ4v) is 6.81. The van der Waals surface area contributed by atoms with Gasteiger partial charge in [-0.05, 0) is 12.1 Å². The number of rotatable bonds is 3. The van der Waals surface area contributed by atoms with Crippen LogP contribution in [0.1, 0.15) is 13.8 Å². The van der Waals surface area contributed by atoms with Crippen molar-refractivity contribution in [1.82, 2.24) is 0 Å². The molecular formula is C16H20N2O4S2. The van der Waals surface area contributed by atoms with Crippen LogP contribution in [0.2, 0.25) is 0 Å². The van der Waals surface area contributed by atoms with Crippen LogP contribution in [-0.2, 0) is 14.6 Å². The number of fused-ring (bicyclic) bond motifs is 1. The molecule has 0 aromatic heterocycles. The van der Waals surface area contributed by atoms with Crippen LogP contribution in [0.25, 0.3) is 0 Å². The van der Waals surface area contributed by atoms with Crippen molar-refractivity contribution in [2.45, 2.75) is 25.1 Å². The van der Waals surface area contributed by atoms with Gasteiger partial charge in [-0.2, -0.15) is 4.99 Å². The number of ether oxygens (including phenoxy) is 1. The molecule has 6 nitrogen and oxygen atoms in total. The summed E-state index contributed by atoms with van der Waals surface area (Å²) in [5.74, 6) is 0.398. The summed E-state index contributed by atoms with van der Waals surface area (Å²) in [7, 11) is -1.51. The fourth-order valence-electron chi connectivity index (χ4n) is 2.90. The molecule has 2 unspecified atom stereocenters. The summed E-state index contributed by atoms with van der Waals surface area (Å²) in [6.45, 7) is 3.59. The number of para-hydroxylation sites is 2. The second-order valence-corrected chi connectivity index (χ2v) is 9.59. The molecule has 2 fully saturated rings. The van der Waals surface area contributed by atoms with Crippen LogP contribution in [0.15, 0.2) is 29.3 Å². The highest BCUT2D eigenvalue weighted by molar-refractivity contribution is 8.16. The van der Waals surface area contributed by atoms with E-state index >= 15 is 0 Å². The second-order valence-electron chi connectivity index (χ2n) is 6.23. The molecule has 0 saturated carbocycles. The highest BCUT2D eigenvalue weighted by Crippen LogP contribution is 2.43. The molecule has 0 bridgehead atoms. The van der Waals surface area contributed by atoms with Crippen molar-refractivity contribution in [2.24, 2.45) is 10.9 Å². The summed E-state index contributed by atoms with van der Waals surface area (Å²) >= 11 is 1.37. The molecule has 3 rings (SSSR count). The van der Waals surface area contributed by atoms with Gasteiger partial charge >= 0.3 is 0 Å². The van der Waals surface area contributed by atoms with Gasteiger partial charge in [0.2, 0.25) is 0 Å². The Balaban J connectivity index is 2.06. The van der Waals surface area contributed by atoms with Gasteiger partial charge in [0.15, 0.2) is 15.0 Å². The van der Waals surface area contributed by atoms with E-state index in [-0.39, 0.29) is 34.6 Å². The van der Waals surface area contributed by atoms with E-state index in [0.717, 1.165) is 5.69 Å². The summed E-state index contributed by atoms with van der Waals surface area (Å²) in [6, 6.07) is 7.17. The largest absolute Gasteiger partial charge is 0.495 e. The molecule has 2 heterocycles. The molecular weight excluding hydrogens is 348 g/mol. The van der Waals surface area contributed by atoms with Crippen LogP contribution >= 0.6 is 11.8 Å². The average molecular weight is 368 g/mol. The number of thioether (sulfide) groups is 1. The number of carbonyl (C=O) groups is 1. The zero-order valence-corrected chi connectivity index (χ0v) is 15.4. The minimum absolute atomic E-state index is 0.0671. The van der Waals surface area contributed by atoms with E-state index < -0.39 is 9.84 Å². The van der Waals surface area contributed by atoms with Gasteiger partial charge in [0.25, 0.3) is 5.91 Å². The van der Waals surface area contributed by atoms with E-state index in [4.69, 9.17) is 4.74 Å². The lowest BCUT2D eigenvalue weighted by Gasteiger charge is -2.26. The molecule has 130 valence electrons. The first-order chi connectivity index (χ1) is 11.3. The van der Waals surface area contributed by atoms with Crippen LogP contribution in [0.3, 0.4) is 0 Å². The monoisotopic (exact) mass is 368 g/mol. The Morgan fingerprint density at radius 2 is 2.04 bits per heavy atom. The normalized spacial score (nSPS) is 26.8. The van der Waals surface area contributed by atoms with Crippen LogP contribution in [0.5, 0.6) is 5.75 Å². The molecule has 0 spiro atoms. The molecule has 0 N–H and O–H groups in total. The summed E-state index contributed by atoms with van der Waals surface area (Å²) in [6.07, 6.45) is 0. The van der Waals surface area contributed by atoms with Crippen molar-refractivity contribution in [3.05, 3.63) is 24.3 Å². The zero-order valence-electron chi connectivity index (χ0n) is 13.8. The number of amidine groups is 1. The Labute approximate surface area is 146 Å². The van der Waals surface area contributed by atoms with Crippen molar-refractivity contribution in [3.8, 4) is 5.75 Å². The Kier molecular flexibility index (Phi) is 4.61. The van der Waals surface area contributed by atoms with Crippen LogP contribution in [-0.4, -0.2) is 49.4 Å². The molecule has 0 aliphatic carbocycles. The summed E-state index contributed by atoms with van der Waals surface area (Å²) in [5, 5.41) is 0.446. The number of amides is 1. The van der Waals surface area contributed by atoms with E-state index in [1.54, 1.807) is 21.0 Å². The maximum absolute atomic E-state index is 12.1. The quantitative estimate of drug-likeness (QED) is 0.812. The molecule has 1 aromatic carbocycles. The Morgan fingerprint density at radius 1 is 1.33 bits per heavy atom. The highest BCUT2D eigenvalue weighted by Gasteiger charge is 2.50. The summed E-state index contributed by atoms with van der Waals surface area (Å²) in [5.41, 5.74) is 0.743. The second kappa shape index (κ2) is 6.40. The number of methoxy groups -OCH3 is 1. The number of nitrogens with zero attached hydrogens (tertiary/aromatic N) is 2. The molecule has 2 aliphatic rings. The first kappa shape index (κ1) is 17.3. The number of aliphatic imine (C=N–C) groups is 1. The zero-order chi connectivity index (χ0) is 17.5. The van der Waals surface area contributed by atoms with Gasteiger partial charge in [0, 0.05) is 11.2 Å². The van der Waals surface area contributed by atoms with E-state index in [2.05, 4.69) is 4.99 Å². The average Bonchev–Trinajstić information content (AvgIpc) is 2.98. The minimum atomic E-state index is -3.08. The fraction of sp³-hybridized carbons (Fsp3) is 0.500. The van der Waals surface area contributed by atoms with Crippen molar-refractivity contribution in [2.75, 3.05) is 23.5 Å². The number of sulfone groups is 1. The van der Waals surface area contributed by atoms with Gasteiger partial charge in [-0.15, -0.1) is 0 Å². The lowest BCUT2D eigenvalue weighted by Crippen LogP contribution is -2.38. The van der Waals surface area contributed by atoms with Crippen molar-refractivity contribution >= 4 is 38.4 Å². The van der Waals surface area contributed by atoms with E-state index in [0.29, 0.717) is 10.9 Å². The number of benzene rings is 1. The molecule has 1 aromatic rings. The highest BCUT2D eigenvalue weighted by atomic mass is 32.2. The van der Waals surface area contributed by atoms with Crippen molar-refractivity contribution in [1.29, 1.82) is 0 Å². The number of carbonyl (C=O) groups excluding carboxylic acids is 1. The van der Waals surface area contributed by atoms with Crippen LogP contribution in [0.4, 0.5) is 5.69 Å². The van der Waals surface area contributed by atoms with E-state index in [1.807, 2.05) is 29.2 Å². The topological polar surface area (TPSA) is 76.0 Å². The lowest BCUT2D eigenvalue weighted by molar-refractivity contribution is -0.120. The Hall–Kier alpha value is -1.54. The molecule has 1 amide bonds. The molecule has 0 radical (unpaired) electrons. The van der Waals surface area contributed by atoms with Crippen LogP contribution in [0, 0.1) is 5.92 Å². The summed E-state index contributed by atoms with van der Waals surface area (Å²) in [4.78, 5) is 18.2. The summed E-state index contributed by atoms with van der Waals surface area (Å²) < 4.78 is 29.5. The third-order valence-electron chi connectivity index (χ3n) is 4.11. The standard InChI is InChI=1S/C16H20N2O4S2/c1-10(2)15(19)17-16-18(11-6-4-5-7-13(11)22-3)12-8-24(20,21)9-14(12)23-16/h4-7,10,12,14H,8-9H2,1-3H3. The minimum Gasteiger partial charge on any atom is -0.495 e. The van der Waals surface area contributed by atoms with Crippen molar-refractivity contribution < 1.29 is 17.9 Å². The number of anilines is 1. The van der Waals surface area contributed by atoms with Gasteiger partial charge < -0.3 is 9.64 Å². The SMILES string of the molecule is COc1ccccc1N1C(=NC(=O)C(C)C)SC2CS(=O)(=O)CC21. The number of hydrogen-bond acceptors (Lipinski definition) is 5. The Bertz CT molecular complexity index is 789. The third kappa shape index (κ3) is 3.17. The first-order valence-electron chi connectivity index (χ1n) is 7.74. The van der Waals surface area contributed by atoms with Gasteiger partial charge in [-0.25, -0.2) is 8.42 Å². The third-order valence-corrected chi connectivity index (χ3v) is 7.32. The molecule has 8 heteroatoms. The smallest absolute Gasteiger partial charge is 0.250 e. The van der Waals surface area contributed by atoms with Gasteiger partial charge in [-0.1, -0.05) is 37.7 Å². The maximum atomic E-state index is 12.1. The van der Waals surface area contributed by atoms with E-state index in [9.17, 15) is 13.2 Å². The van der Waals surface area contributed by atoms with Gasteiger partial charge in [-0.3, -0.25) is 4.79 Å². The number of hydrogen-bond donors (Lipinski definition) is 0. The van der Waals surface area contributed by atoms with E-state index in [1.165, 1.54) is 11.8 Å². The van der Waals surface area contributed by atoms with Crippen molar-refractivity contribution in [3.63, 3.8) is 0 Å². The predicted molar refractivity (Wildman–Crippen MR) is 96.6 cm³/mol. The van der Waals surface area contributed by atoms with Gasteiger partial charge in [0.1, 0.15) is 5.75 Å². The lowest BCUT2D eigenvalue weighted by atomic mass is 10.2. The molecule has 2 aliphatic heterocycles. The van der Waals surface area contributed by atoms with Gasteiger partial charge in [0.05, 0.1) is 30.3 Å². The molecule has 24 heavy (non-hydrogen) atoms. The molecule has 2 saturated heterocycles. The Morgan fingerprint density at radius 3 is 2.71 bits per heavy atom. The maximum Gasteiger partial charge on any atom is 0.250 e. The first-order valence-corrected chi connectivity index (χ1v) is 10.4. The molecule has 2 atom stereocenters. The van der Waals surface area contributed by atoms with Crippen LogP contribution < -0.4 is 9.64 Å². The predicted octanol–water partition coefficient (Wildman–Crippen LogP) is 1.95.